The van der Waals surface area contributed by atoms with Crippen LogP contribution in [-0.2, 0) is 19.1 Å². The van der Waals surface area contributed by atoms with E-state index < -0.39 is 36.4 Å². The van der Waals surface area contributed by atoms with Crippen molar-refractivity contribution in [3.05, 3.63) is 0 Å². The second-order valence-corrected chi connectivity index (χ2v) is 7.30. The number of carbonyl (C=O) groups is 3. The van der Waals surface area contributed by atoms with Crippen LogP contribution in [0.25, 0.3) is 0 Å². The van der Waals surface area contributed by atoms with Gasteiger partial charge >= 0.3 is 17.9 Å². The van der Waals surface area contributed by atoms with E-state index in [-0.39, 0.29) is 5.60 Å². The second kappa shape index (κ2) is 2.95. The molecule has 0 spiro atoms. The van der Waals surface area contributed by atoms with Crippen LogP contribution in [-0.4, -0.2) is 44.4 Å². The predicted molar refractivity (Wildman–Crippen MR) is 62.7 cm³/mol. The minimum Gasteiger partial charge on any atom is -0.481 e. The van der Waals surface area contributed by atoms with E-state index in [1.807, 2.05) is 0 Å². The smallest absolute Gasteiger partial charge is 0.336 e. The summed E-state index contributed by atoms with van der Waals surface area (Å²) in [7, 11) is 0. The highest BCUT2D eigenvalue weighted by atomic mass is 16.6. The Bertz CT molecular complexity index is 574. The van der Waals surface area contributed by atoms with Gasteiger partial charge in [0.25, 0.3) is 0 Å². The molecule has 6 fully saturated rings. The lowest BCUT2D eigenvalue weighted by atomic mass is 8.99. The number of aliphatic carboxylic acids is 2. The molecule has 0 bridgehead atoms. The van der Waals surface area contributed by atoms with Crippen LogP contribution in [0.1, 0.15) is 12.8 Å². The zero-order valence-corrected chi connectivity index (χ0v) is 10.9. The number of ether oxygens (including phenoxy) is 1. The fourth-order valence-electron chi connectivity index (χ4n) is 6.47. The van der Waals surface area contributed by atoms with E-state index in [9.17, 15) is 19.5 Å². The van der Waals surface area contributed by atoms with Crippen LogP contribution in [0, 0.1) is 41.4 Å². The van der Waals surface area contributed by atoms with Crippen LogP contribution in [0.4, 0.5) is 0 Å². The molecular weight excluding hydrogens is 280 g/mol. The van der Waals surface area contributed by atoms with Crippen molar-refractivity contribution < 1.29 is 34.4 Å². The molecule has 6 aliphatic carbocycles. The van der Waals surface area contributed by atoms with Crippen molar-refractivity contribution in [1.29, 1.82) is 0 Å². The average Bonchev–Trinajstić information content (AvgIpc) is 2.37. The molecule has 0 aromatic carbocycles. The van der Waals surface area contributed by atoms with Gasteiger partial charge in [-0.2, -0.15) is 0 Å². The van der Waals surface area contributed by atoms with Crippen LogP contribution in [0.15, 0.2) is 0 Å². The molecule has 0 amide bonds. The van der Waals surface area contributed by atoms with Crippen LogP contribution in [0.5, 0.6) is 0 Å². The van der Waals surface area contributed by atoms with Gasteiger partial charge in [-0.05, 0) is 23.7 Å². The van der Waals surface area contributed by atoms with E-state index in [1.54, 1.807) is 0 Å². The largest absolute Gasteiger partial charge is 0.481 e. The van der Waals surface area contributed by atoms with Crippen LogP contribution >= 0.6 is 0 Å². The summed E-state index contributed by atoms with van der Waals surface area (Å²) in [6.45, 7) is 0. The van der Waals surface area contributed by atoms with Gasteiger partial charge in [-0.25, -0.2) is 4.79 Å². The summed E-state index contributed by atoms with van der Waals surface area (Å²) in [5.74, 6) is 0.433. The van der Waals surface area contributed by atoms with Crippen molar-refractivity contribution in [3.8, 4) is 0 Å². The first-order valence-electron chi connectivity index (χ1n) is 7.22. The summed E-state index contributed by atoms with van der Waals surface area (Å²) in [4.78, 5) is 33.7. The molecule has 21 heavy (non-hydrogen) atoms. The van der Waals surface area contributed by atoms with E-state index in [4.69, 9.17) is 14.9 Å². The van der Waals surface area contributed by atoms with E-state index in [0.717, 1.165) is 23.7 Å². The first-order chi connectivity index (χ1) is 9.83. The Morgan fingerprint density at radius 1 is 0.952 bits per heavy atom. The Kier molecular flexibility index (Phi) is 1.68. The third-order valence-corrected chi connectivity index (χ3v) is 6.95. The summed E-state index contributed by atoms with van der Waals surface area (Å²) in [5, 5.41) is 27.5. The molecule has 0 aliphatic heterocycles. The zero-order valence-electron chi connectivity index (χ0n) is 10.9. The van der Waals surface area contributed by atoms with Crippen LogP contribution in [0.2, 0.25) is 0 Å². The summed E-state index contributed by atoms with van der Waals surface area (Å²) in [5.41, 5.74) is -2.96. The highest BCUT2D eigenvalue weighted by Crippen LogP contribution is 3.03. The molecule has 6 aliphatic rings. The molecule has 7 nitrogen and oxygen atoms in total. The van der Waals surface area contributed by atoms with Gasteiger partial charge in [-0.15, -0.1) is 0 Å². The van der Waals surface area contributed by atoms with Crippen LogP contribution < -0.4 is 0 Å². The van der Waals surface area contributed by atoms with Gasteiger partial charge < -0.3 is 20.1 Å². The molecule has 6 saturated carbocycles. The number of carboxylic acid groups (broad SMARTS) is 2. The van der Waals surface area contributed by atoms with Gasteiger partial charge in [0.15, 0.2) is 5.60 Å². The molecule has 0 radical (unpaired) electrons. The summed E-state index contributed by atoms with van der Waals surface area (Å²) in [6.07, 6.45) is -1.83. The third kappa shape index (κ3) is 0.914. The lowest BCUT2D eigenvalue weighted by Crippen LogP contribution is -3.09. The third-order valence-electron chi connectivity index (χ3n) is 6.95. The van der Waals surface area contributed by atoms with Gasteiger partial charge in [-0.3, -0.25) is 9.59 Å². The average molecular weight is 294 g/mol. The fraction of sp³-hybridized carbons (Fsp3) is 0.786. The first-order valence-corrected chi connectivity index (χ1v) is 7.22. The number of aliphatic hydroxyl groups is 1. The highest BCUT2D eigenvalue weighted by molar-refractivity contribution is 5.88. The molecule has 1 unspecified atom stereocenters. The standard InChI is InChI=1S/C14H14O7/c15-3(16)1-13(20,12(18)19)2-4(17)21-14-9-6-5-7(9)11(14)8(5)10(6)14/h5-11,20H,1-2H2,(H,15,16)(H,18,19). The van der Waals surface area contributed by atoms with Crippen LogP contribution in [0.3, 0.4) is 0 Å². The second-order valence-electron chi connectivity index (χ2n) is 7.30. The maximum atomic E-state index is 12.0. The molecule has 0 aromatic rings. The number of hydrogen-bond donors (Lipinski definition) is 3. The Morgan fingerprint density at radius 2 is 1.48 bits per heavy atom. The van der Waals surface area contributed by atoms with Crippen molar-refractivity contribution in [2.24, 2.45) is 41.4 Å². The van der Waals surface area contributed by atoms with Gasteiger partial charge in [0, 0.05) is 17.8 Å². The first kappa shape index (κ1) is 12.0. The summed E-state index contributed by atoms with van der Waals surface area (Å²) in [6, 6.07) is 0. The predicted octanol–water partition coefficient (Wildman–Crippen LogP) is -0.670. The molecule has 0 heterocycles. The molecule has 7 heteroatoms. The summed E-state index contributed by atoms with van der Waals surface area (Å²) >= 11 is 0. The van der Waals surface area contributed by atoms with E-state index in [1.165, 1.54) is 0 Å². The highest BCUT2D eigenvalue weighted by Gasteiger charge is 3.06. The molecule has 0 saturated heterocycles. The van der Waals surface area contributed by atoms with Gasteiger partial charge in [0.05, 0.1) is 12.8 Å². The number of carboxylic acids is 2. The summed E-state index contributed by atoms with van der Waals surface area (Å²) < 4.78 is 5.53. The number of esters is 1. The van der Waals surface area contributed by atoms with Crippen molar-refractivity contribution in [3.63, 3.8) is 0 Å². The maximum absolute atomic E-state index is 12.0. The molecule has 6 rings (SSSR count). The number of rotatable bonds is 6. The van der Waals surface area contributed by atoms with Crippen molar-refractivity contribution >= 4 is 17.9 Å². The van der Waals surface area contributed by atoms with Gasteiger partial charge in [0.1, 0.15) is 5.60 Å². The molecule has 1 atom stereocenters. The lowest BCUT2D eigenvalue weighted by molar-refractivity contribution is -0.618. The van der Waals surface area contributed by atoms with E-state index in [0.29, 0.717) is 17.8 Å². The minimum absolute atomic E-state index is 0.367. The van der Waals surface area contributed by atoms with Crippen molar-refractivity contribution in [2.75, 3.05) is 0 Å². The Hall–Kier alpha value is -1.63. The molecular formula is C14H14O7. The zero-order chi connectivity index (χ0) is 14.9. The number of hydrogen-bond acceptors (Lipinski definition) is 5. The van der Waals surface area contributed by atoms with E-state index >= 15 is 0 Å². The lowest BCUT2D eigenvalue weighted by Gasteiger charge is -3.05. The Labute approximate surface area is 118 Å². The molecule has 0 aromatic heterocycles. The number of carbonyl (C=O) groups excluding carboxylic acids is 1. The topological polar surface area (TPSA) is 121 Å². The maximum Gasteiger partial charge on any atom is 0.336 e. The minimum atomic E-state index is -2.60. The monoisotopic (exact) mass is 294 g/mol. The van der Waals surface area contributed by atoms with Gasteiger partial charge in [-0.1, -0.05) is 0 Å². The Morgan fingerprint density at radius 3 is 1.90 bits per heavy atom. The molecule has 112 valence electrons. The van der Waals surface area contributed by atoms with Crippen molar-refractivity contribution in [1.82, 2.24) is 0 Å². The quantitative estimate of drug-likeness (QED) is 0.555. The SMILES string of the molecule is O=C(O)CC(O)(CC(=O)OC12C3C4C5C3C1C5C42)C(=O)O. The molecule has 3 N–H and O–H groups in total. The Balaban J connectivity index is 1.28. The normalized spacial score (nSPS) is 54.4. The van der Waals surface area contributed by atoms with Gasteiger partial charge in [0.2, 0.25) is 0 Å². The van der Waals surface area contributed by atoms with E-state index in [2.05, 4.69) is 0 Å². The fourth-order valence-corrected chi connectivity index (χ4v) is 6.47. The van der Waals surface area contributed by atoms with Crippen molar-refractivity contribution in [2.45, 2.75) is 24.0 Å².